The van der Waals surface area contributed by atoms with Gasteiger partial charge in [-0.05, 0) is 30.3 Å². The fourth-order valence-corrected chi connectivity index (χ4v) is 1.87. The van der Waals surface area contributed by atoms with Gasteiger partial charge < -0.3 is 10.6 Å². The molecule has 0 bridgehead atoms. The summed E-state index contributed by atoms with van der Waals surface area (Å²) < 4.78 is 51.5. The highest BCUT2D eigenvalue weighted by molar-refractivity contribution is 6.33. The Morgan fingerprint density at radius 3 is 2.32 bits per heavy atom. The van der Waals surface area contributed by atoms with E-state index in [9.17, 15) is 22.4 Å². The van der Waals surface area contributed by atoms with Crippen molar-refractivity contribution in [2.24, 2.45) is 0 Å². The lowest BCUT2D eigenvalue weighted by Crippen LogP contribution is -2.22. The minimum atomic E-state index is -4.61. The van der Waals surface area contributed by atoms with Crippen LogP contribution in [0.15, 0.2) is 42.5 Å². The van der Waals surface area contributed by atoms with Gasteiger partial charge in [0.05, 0.1) is 22.0 Å². The van der Waals surface area contributed by atoms with Crippen molar-refractivity contribution in [2.75, 3.05) is 10.6 Å². The van der Waals surface area contributed by atoms with Gasteiger partial charge in [0.2, 0.25) is 0 Å². The molecule has 8 heteroatoms. The molecule has 2 amide bonds. The van der Waals surface area contributed by atoms with Gasteiger partial charge in [0.1, 0.15) is 5.82 Å². The summed E-state index contributed by atoms with van der Waals surface area (Å²) in [7, 11) is 0. The lowest BCUT2D eigenvalue weighted by Gasteiger charge is -2.14. The van der Waals surface area contributed by atoms with Crippen molar-refractivity contribution in [1.82, 2.24) is 0 Å². The van der Waals surface area contributed by atoms with Gasteiger partial charge in [-0.15, -0.1) is 0 Å². The van der Waals surface area contributed by atoms with Crippen molar-refractivity contribution < 1.29 is 22.4 Å². The van der Waals surface area contributed by atoms with E-state index in [0.29, 0.717) is 0 Å². The Morgan fingerprint density at radius 2 is 1.64 bits per heavy atom. The van der Waals surface area contributed by atoms with E-state index in [1.165, 1.54) is 18.2 Å². The predicted molar refractivity (Wildman–Crippen MR) is 75.5 cm³/mol. The lowest BCUT2D eigenvalue weighted by molar-refractivity contribution is -0.136. The Kier molecular flexibility index (Phi) is 4.56. The van der Waals surface area contributed by atoms with Crippen molar-refractivity contribution in [3.63, 3.8) is 0 Å². The number of nitrogens with one attached hydrogen (secondary N) is 2. The van der Waals surface area contributed by atoms with Crippen LogP contribution in [0.3, 0.4) is 0 Å². The van der Waals surface area contributed by atoms with Gasteiger partial charge in [-0.1, -0.05) is 23.7 Å². The quantitative estimate of drug-likeness (QED) is 0.734. The largest absolute Gasteiger partial charge is 0.418 e. The number of hydrogen-bond donors (Lipinski definition) is 2. The van der Waals surface area contributed by atoms with Crippen LogP contribution in [-0.4, -0.2) is 6.03 Å². The Labute approximate surface area is 127 Å². The zero-order chi connectivity index (χ0) is 16.3. The van der Waals surface area contributed by atoms with E-state index in [1.54, 1.807) is 0 Å². The molecule has 0 aliphatic heterocycles. The lowest BCUT2D eigenvalue weighted by atomic mass is 10.1. The van der Waals surface area contributed by atoms with E-state index in [0.717, 1.165) is 24.3 Å². The van der Waals surface area contributed by atoms with Gasteiger partial charge in [-0.3, -0.25) is 0 Å². The van der Waals surface area contributed by atoms with E-state index in [1.807, 2.05) is 0 Å². The number of rotatable bonds is 2. The van der Waals surface area contributed by atoms with E-state index in [-0.39, 0.29) is 10.7 Å². The molecule has 0 aromatic heterocycles. The number of alkyl halides is 3. The van der Waals surface area contributed by atoms with Crippen LogP contribution in [0.25, 0.3) is 0 Å². The smallest absolute Gasteiger partial charge is 0.307 e. The molecule has 22 heavy (non-hydrogen) atoms. The number of urea groups is 1. The molecule has 0 spiro atoms. The molecule has 2 N–H and O–H groups in total. The number of amides is 2. The number of halogens is 5. The van der Waals surface area contributed by atoms with Crippen LogP contribution >= 0.6 is 11.6 Å². The number of hydrogen-bond acceptors (Lipinski definition) is 1. The maximum absolute atomic E-state index is 13.1. The Bertz CT molecular complexity index is 703. The molecule has 116 valence electrons. The van der Waals surface area contributed by atoms with Crippen LogP contribution in [0.4, 0.5) is 33.7 Å². The van der Waals surface area contributed by atoms with Gasteiger partial charge in [0, 0.05) is 0 Å². The highest BCUT2D eigenvalue weighted by Crippen LogP contribution is 2.34. The normalized spacial score (nSPS) is 11.1. The monoisotopic (exact) mass is 332 g/mol. The molecule has 0 saturated carbocycles. The van der Waals surface area contributed by atoms with Gasteiger partial charge >= 0.3 is 12.2 Å². The topological polar surface area (TPSA) is 41.1 Å². The van der Waals surface area contributed by atoms with Crippen molar-refractivity contribution in [2.45, 2.75) is 6.18 Å². The first-order valence-corrected chi connectivity index (χ1v) is 6.34. The Balaban J connectivity index is 2.18. The zero-order valence-corrected chi connectivity index (χ0v) is 11.6. The third kappa shape index (κ3) is 3.88. The molecule has 0 radical (unpaired) electrons. The van der Waals surface area contributed by atoms with Crippen LogP contribution in [0.2, 0.25) is 5.02 Å². The fraction of sp³-hybridized carbons (Fsp3) is 0.0714. The van der Waals surface area contributed by atoms with E-state index in [4.69, 9.17) is 11.6 Å². The highest BCUT2D eigenvalue weighted by Gasteiger charge is 2.33. The second kappa shape index (κ2) is 6.23. The van der Waals surface area contributed by atoms with Crippen LogP contribution in [0.1, 0.15) is 5.56 Å². The van der Waals surface area contributed by atoms with Crippen LogP contribution in [0.5, 0.6) is 0 Å². The van der Waals surface area contributed by atoms with Gasteiger partial charge in [0.15, 0.2) is 0 Å². The number of benzene rings is 2. The summed E-state index contributed by atoms with van der Waals surface area (Å²) in [4.78, 5) is 11.8. The molecule has 2 aromatic rings. The first-order chi connectivity index (χ1) is 10.3. The number of carbonyl (C=O) groups is 1. The minimum Gasteiger partial charge on any atom is -0.307 e. The SMILES string of the molecule is O=C(Nc1cc(F)ccc1Cl)Nc1ccccc1C(F)(F)F. The summed E-state index contributed by atoms with van der Waals surface area (Å²) in [5, 5.41) is 4.31. The summed E-state index contributed by atoms with van der Waals surface area (Å²) in [5.41, 5.74) is -1.46. The fourth-order valence-electron chi connectivity index (χ4n) is 1.71. The molecule has 0 aliphatic rings. The predicted octanol–water partition coefficient (Wildman–Crippen LogP) is 5.14. The average Bonchev–Trinajstić information content (AvgIpc) is 2.42. The maximum Gasteiger partial charge on any atom is 0.418 e. The average molecular weight is 333 g/mol. The molecule has 2 aromatic carbocycles. The summed E-state index contributed by atoms with van der Waals surface area (Å²) in [5.74, 6) is -0.643. The summed E-state index contributed by atoms with van der Waals surface area (Å²) in [6, 6.07) is 6.79. The van der Waals surface area contributed by atoms with Gasteiger partial charge in [-0.25, -0.2) is 9.18 Å². The molecule has 0 unspecified atom stereocenters. The number of carbonyl (C=O) groups excluding carboxylic acids is 1. The van der Waals surface area contributed by atoms with Crippen LogP contribution in [0, 0.1) is 5.82 Å². The third-order valence-corrected chi connectivity index (χ3v) is 2.99. The third-order valence-electron chi connectivity index (χ3n) is 2.66. The molecule has 0 heterocycles. The first-order valence-electron chi connectivity index (χ1n) is 5.96. The van der Waals surface area contributed by atoms with Crippen molar-refractivity contribution >= 4 is 29.0 Å². The molecule has 3 nitrogen and oxygen atoms in total. The van der Waals surface area contributed by atoms with E-state index >= 15 is 0 Å². The minimum absolute atomic E-state index is 0.0522. The Morgan fingerprint density at radius 1 is 1.00 bits per heavy atom. The zero-order valence-electron chi connectivity index (χ0n) is 10.8. The first kappa shape index (κ1) is 16.1. The van der Waals surface area contributed by atoms with Gasteiger partial charge in [0.25, 0.3) is 0 Å². The second-order valence-corrected chi connectivity index (χ2v) is 4.65. The summed E-state index contributed by atoms with van der Waals surface area (Å²) in [6.07, 6.45) is -4.61. The van der Waals surface area contributed by atoms with Gasteiger partial charge in [-0.2, -0.15) is 13.2 Å². The highest BCUT2D eigenvalue weighted by atomic mass is 35.5. The van der Waals surface area contributed by atoms with E-state index < -0.39 is 29.3 Å². The number of para-hydroxylation sites is 1. The Hall–Kier alpha value is -2.28. The molecule has 0 atom stereocenters. The number of anilines is 2. The summed E-state index contributed by atoms with van der Waals surface area (Å²) >= 11 is 5.76. The molecule has 0 fully saturated rings. The van der Waals surface area contributed by atoms with Crippen LogP contribution < -0.4 is 10.6 Å². The van der Waals surface area contributed by atoms with Crippen molar-refractivity contribution in [3.05, 3.63) is 58.9 Å². The van der Waals surface area contributed by atoms with Crippen molar-refractivity contribution in [3.8, 4) is 0 Å². The standard InChI is InChI=1S/C14H9ClF4N2O/c15-10-6-5-8(16)7-12(10)21-13(22)20-11-4-2-1-3-9(11)14(17,18)19/h1-7H,(H2,20,21,22). The second-order valence-electron chi connectivity index (χ2n) is 4.25. The van der Waals surface area contributed by atoms with Crippen molar-refractivity contribution in [1.29, 1.82) is 0 Å². The molecular weight excluding hydrogens is 324 g/mol. The molecule has 0 aliphatic carbocycles. The maximum atomic E-state index is 13.1. The molecule has 2 rings (SSSR count). The van der Waals surface area contributed by atoms with E-state index in [2.05, 4.69) is 10.6 Å². The molecular formula is C14H9ClF4N2O. The molecule has 0 saturated heterocycles. The summed E-state index contributed by atoms with van der Waals surface area (Å²) in [6.45, 7) is 0. The van der Waals surface area contributed by atoms with Crippen LogP contribution in [-0.2, 0) is 6.18 Å².